The predicted molar refractivity (Wildman–Crippen MR) is 196 cm³/mol. The van der Waals surface area contributed by atoms with E-state index in [2.05, 4.69) is 167 Å². The molecule has 0 saturated heterocycles. The van der Waals surface area contributed by atoms with E-state index in [-0.39, 0.29) is 0 Å². The van der Waals surface area contributed by atoms with E-state index in [0.717, 1.165) is 0 Å². The van der Waals surface area contributed by atoms with Crippen molar-refractivity contribution in [2.24, 2.45) is 0 Å². The summed E-state index contributed by atoms with van der Waals surface area (Å²) in [6.45, 7) is 0. The first kappa shape index (κ1) is 24.2. The average molecular weight is 583 g/mol. The highest BCUT2D eigenvalue weighted by atomic mass is 15.0. The first-order chi connectivity index (χ1) is 22.8. The van der Waals surface area contributed by atoms with E-state index in [1.165, 1.54) is 98.3 Å². The Bertz CT molecular complexity index is 2830. The predicted octanol–water partition coefficient (Wildman–Crippen LogP) is 11.9. The molecule has 0 aliphatic carbocycles. The molecule has 11 rings (SSSR count). The van der Waals surface area contributed by atoms with E-state index in [4.69, 9.17) is 0 Å². The standard InChI is InChI=1S/C44H26N2/c1-3-11-30-25-42-36(21-28(30)9-1)38-23-32(24-39-37-22-29-10-2-4-12-31(29)26-43(37)46(42)44(38)39)27-17-19-33(20-18-27)45-40-15-7-5-13-34(40)35-14-6-8-16-41(35)45/h1-26H. The summed E-state index contributed by atoms with van der Waals surface area (Å²) < 4.78 is 4.89. The van der Waals surface area contributed by atoms with Gasteiger partial charge in [0.15, 0.2) is 0 Å². The second-order valence-electron chi connectivity index (χ2n) is 12.6. The lowest BCUT2D eigenvalue weighted by atomic mass is 9.97. The van der Waals surface area contributed by atoms with Crippen molar-refractivity contribution in [1.29, 1.82) is 0 Å². The molecule has 3 heterocycles. The molecule has 0 atom stereocenters. The Morgan fingerprint density at radius 2 is 0.761 bits per heavy atom. The van der Waals surface area contributed by atoms with Gasteiger partial charge in [-0.3, -0.25) is 0 Å². The summed E-state index contributed by atoms with van der Waals surface area (Å²) in [7, 11) is 0. The second-order valence-corrected chi connectivity index (χ2v) is 12.6. The van der Waals surface area contributed by atoms with E-state index >= 15 is 0 Å². The maximum atomic E-state index is 2.50. The molecular weight excluding hydrogens is 556 g/mol. The molecule has 11 aromatic rings. The average Bonchev–Trinajstić information content (AvgIpc) is 3.74. The summed E-state index contributed by atoms with van der Waals surface area (Å²) >= 11 is 0. The largest absolute Gasteiger partial charge is 0.309 e. The molecule has 0 saturated carbocycles. The van der Waals surface area contributed by atoms with Crippen LogP contribution in [0.4, 0.5) is 0 Å². The van der Waals surface area contributed by atoms with E-state index in [1.54, 1.807) is 0 Å². The van der Waals surface area contributed by atoms with E-state index in [9.17, 15) is 0 Å². The summed E-state index contributed by atoms with van der Waals surface area (Å²) in [4.78, 5) is 0. The van der Waals surface area contributed by atoms with Gasteiger partial charge in [-0.15, -0.1) is 0 Å². The van der Waals surface area contributed by atoms with Crippen LogP contribution in [-0.2, 0) is 0 Å². The van der Waals surface area contributed by atoms with Crippen LogP contribution in [0.1, 0.15) is 0 Å². The molecule has 0 fully saturated rings. The topological polar surface area (TPSA) is 9.34 Å². The van der Waals surface area contributed by atoms with Crippen molar-refractivity contribution in [3.05, 3.63) is 158 Å². The number of hydrogen-bond acceptors (Lipinski definition) is 0. The van der Waals surface area contributed by atoms with E-state index in [1.807, 2.05) is 0 Å². The van der Waals surface area contributed by atoms with Crippen LogP contribution in [-0.4, -0.2) is 8.97 Å². The first-order valence-electron chi connectivity index (χ1n) is 15.9. The molecule has 0 aliphatic rings. The zero-order valence-electron chi connectivity index (χ0n) is 24.9. The lowest BCUT2D eigenvalue weighted by molar-refractivity contribution is 1.18. The van der Waals surface area contributed by atoms with Crippen LogP contribution < -0.4 is 0 Å². The maximum absolute atomic E-state index is 2.50. The molecule has 0 unspecified atom stereocenters. The highest BCUT2D eigenvalue weighted by Crippen LogP contribution is 2.44. The number of fused-ring (bicyclic) bond motifs is 11. The molecule has 8 aromatic carbocycles. The van der Waals surface area contributed by atoms with Crippen LogP contribution in [0.25, 0.3) is 98.3 Å². The van der Waals surface area contributed by atoms with Crippen molar-refractivity contribution >= 4 is 81.4 Å². The summed E-state index contributed by atoms with van der Waals surface area (Å²) in [6.07, 6.45) is 0. The van der Waals surface area contributed by atoms with Gasteiger partial charge in [-0.1, -0.05) is 97.1 Å². The number of nitrogens with zero attached hydrogens (tertiary/aromatic N) is 2. The quantitative estimate of drug-likeness (QED) is 0.192. The monoisotopic (exact) mass is 582 g/mol. The molecule has 212 valence electrons. The van der Waals surface area contributed by atoms with Crippen LogP contribution >= 0.6 is 0 Å². The van der Waals surface area contributed by atoms with Crippen molar-refractivity contribution in [3.63, 3.8) is 0 Å². The van der Waals surface area contributed by atoms with Gasteiger partial charge in [0.25, 0.3) is 0 Å². The molecule has 3 aromatic heterocycles. The molecule has 2 heteroatoms. The van der Waals surface area contributed by atoms with Crippen molar-refractivity contribution in [3.8, 4) is 16.8 Å². The Labute approximate surface area is 264 Å². The fourth-order valence-corrected chi connectivity index (χ4v) is 8.09. The van der Waals surface area contributed by atoms with Gasteiger partial charge in [0, 0.05) is 38.0 Å². The molecule has 0 N–H and O–H groups in total. The normalized spacial score (nSPS) is 12.3. The van der Waals surface area contributed by atoms with Gasteiger partial charge in [0.2, 0.25) is 0 Å². The van der Waals surface area contributed by atoms with Gasteiger partial charge in [-0.05, 0) is 93.3 Å². The van der Waals surface area contributed by atoms with Crippen molar-refractivity contribution < 1.29 is 0 Å². The van der Waals surface area contributed by atoms with Crippen molar-refractivity contribution in [1.82, 2.24) is 8.97 Å². The van der Waals surface area contributed by atoms with Gasteiger partial charge < -0.3 is 8.97 Å². The van der Waals surface area contributed by atoms with Crippen LogP contribution in [0.3, 0.4) is 0 Å². The Balaban J connectivity index is 1.19. The van der Waals surface area contributed by atoms with Gasteiger partial charge in [-0.25, -0.2) is 0 Å². The van der Waals surface area contributed by atoms with Crippen LogP contribution in [0.2, 0.25) is 0 Å². The lowest BCUT2D eigenvalue weighted by Gasteiger charge is -2.10. The van der Waals surface area contributed by atoms with Gasteiger partial charge >= 0.3 is 0 Å². The number of benzene rings is 8. The Kier molecular flexibility index (Phi) is 4.61. The van der Waals surface area contributed by atoms with Gasteiger partial charge in [0.05, 0.1) is 27.6 Å². The number of rotatable bonds is 2. The number of hydrogen-bond donors (Lipinski definition) is 0. The molecule has 2 nitrogen and oxygen atoms in total. The molecule has 0 radical (unpaired) electrons. The van der Waals surface area contributed by atoms with Crippen molar-refractivity contribution in [2.45, 2.75) is 0 Å². The summed E-state index contributed by atoms with van der Waals surface area (Å²) in [5, 5.41) is 12.9. The maximum Gasteiger partial charge on any atom is 0.0620 e. The fourth-order valence-electron chi connectivity index (χ4n) is 8.09. The molecular formula is C44H26N2. The Morgan fingerprint density at radius 1 is 0.304 bits per heavy atom. The zero-order valence-corrected chi connectivity index (χ0v) is 24.9. The molecule has 46 heavy (non-hydrogen) atoms. The fraction of sp³-hybridized carbons (Fsp3) is 0. The molecule has 0 spiro atoms. The second kappa shape index (κ2) is 8.74. The SMILES string of the molecule is c1ccc2cc3c(cc2c1)c1cc(-c2ccc(-n4c5ccccc5c5ccccc54)cc2)cc2c4cc5ccccc5cc4n3c12. The summed E-state index contributed by atoms with van der Waals surface area (Å²) in [5.74, 6) is 0. The summed E-state index contributed by atoms with van der Waals surface area (Å²) in [6, 6.07) is 58.3. The minimum atomic E-state index is 1.17. The van der Waals surface area contributed by atoms with Crippen LogP contribution in [0.15, 0.2) is 158 Å². The lowest BCUT2D eigenvalue weighted by Crippen LogP contribution is -1.93. The molecule has 0 aliphatic heterocycles. The third-order valence-electron chi connectivity index (χ3n) is 10.2. The van der Waals surface area contributed by atoms with Crippen LogP contribution in [0, 0.1) is 0 Å². The van der Waals surface area contributed by atoms with Crippen molar-refractivity contribution in [2.75, 3.05) is 0 Å². The highest BCUT2D eigenvalue weighted by Gasteiger charge is 2.20. The smallest absolute Gasteiger partial charge is 0.0620 e. The first-order valence-corrected chi connectivity index (χ1v) is 15.9. The Hall–Kier alpha value is -6.12. The Morgan fingerprint density at radius 3 is 1.28 bits per heavy atom. The molecule has 0 bridgehead atoms. The molecule has 0 amide bonds. The van der Waals surface area contributed by atoms with Crippen LogP contribution in [0.5, 0.6) is 0 Å². The van der Waals surface area contributed by atoms with E-state index < -0.39 is 0 Å². The van der Waals surface area contributed by atoms with Gasteiger partial charge in [0.1, 0.15) is 0 Å². The minimum Gasteiger partial charge on any atom is -0.309 e. The number of para-hydroxylation sites is 2. The highest BCUT2D eigenvalue weighted by molar-refractivity contribution is 6.27. The van der Waals surface area contributed by atoms with E-state index in [0.29, 0.717) is 0 Å². The summed E-state index contributed by atoms with van der Waals surface area (Å²) in [5.41, 5.74) is 9.94. The third kappa shape index (κ3) is 3.15. The zero-order chi connectivity index (χ0) is 29.9. The minimum absolute atomic E-state index is 1.17. The number of aromatic nitrogens is 2. The van der Waals surface area contributed by atoms with Gasteiger partial charge in [-0.2, -0.15) is 0 Å². The third-order valence-corrected chi connectivity index (χ3v) is 10.2.